The fourth-order valence-corrected chi connectivity index (χ4v) is 6.03. The van der Waals surface area contributed by atoms with E-state index in [0.29, 0.717) is 33.7 Å². The molecule has 1 saturated carbocycles. The van der Waals surface area contributed by atoms with Gasteiger partial charge in [0, 0.05) is 18.9 Å². The predicted octanol–water partition coefficient (Wildman–Crippen LogP) is 4.73. The number of nitrogens with zero attached hydrogens (tertiary/aromatic N) is 4. The number of benzene rings is 1. The second-order valence-corrected chi connectivity index (χ2v) is 13.1. The lowest BCUT2D eigenvalue weighted by Crippen LogP contribution is -2.51. The maximum atomic E-state index is 13.3. The molecule has 10 nitrogen and oxygen atoms in total. The SMILES string of the molecule is CN(S(=O)c1ccc(Nc2nn(C3(CC#N)CCCC3)c3cc[nH]c(=O)c23)cc1)C(C)(C)C(=O)OC(C)(C)C. The summed E-state index contributed by atoms with van der Waals surface area (Å²) in [6.45, 7) is 8.73. The Morgan fingerprint density at radius 3 is 2.44 bits per heavy atom. The summed E-state index contributed by atoms with van der Waals surface area (Å²) in [5, 5.41) is 18.0. The van der Waals surface area contributed by atoms with Gasteiger partial charge in [0.05, 0.1) is 28.4 Å². The van der Waals surface area contributed by atoms with Gasteiger partial charge in [0.2, 0.25) is 0 Å². The number of nitrogens with one attached hydrogen (secondary N) is 2. The van der Waals surface area contributed by atoms with Gasteiger partial charge in [-0.2, -0.15) is 10.4 Å². The molecule has 1 fully saturated rings. The zero-order valence-electron chi connectivity index (χ0n) is 23.3. The Kier molecular flexibility index (Phi) is 7.74. The highest BCUT2D eigenvalue weighted by Gasteiger charge is 2.40. The Morgan fingerprint density at radius 1 is 1.21 bits per heavy atom. The molecule has 2 heterocycles. The van der Waals surface area contributed by atoms with E-state index in [4.69, 9.17) is 9.84 Å². The van der Waals surface area contributed by atoms with Gasteiger partial charge >= 0.3 is 5.97 Å². The van der Waals surface area contributed by atoms with Crippen molar-refractivity contribution in [2.75, 3.05) is 12.4 Å². The first kappa shape index (κ1) is 28.5. The summed E-state index contributed by atoms with van der Waals surface area (Å²) in [5.41, 5.74) is -1.15. The van der Waals surface area contributed by atoms with Gasteiger partial charge in [-0.3, -0.25) is 14.3 Å². The molecule has 3 aromatic rings. The van der Waals surface area contributed by atoms with E-state index in [1.54, 1.807) is 72.1 Å². The molecular formula is C28H36N6O4S. The molecular weight excluding hydrogens is 516 g/mol. The molecule has 1 atom stereocenters. The fourth-order valence-electron chi connectivity index (χ4n) is 4.86. The van der Waals surface area contributed by atoms with Crippen LogP contribution < -0.4 is 10.9 Å². The molecule has 1 aliphatic rings. The summed E-state index contributed by atoms with van der Waals surface area (Å²) in [4.78, 5) is 28.8. The first-order chi connectivity index (χ1) is 18.3. The van der Waals surface area contributed by atoms with Gasteiger partial charge in [-0.1, -0.05) is 12.8 Å². The zero-order chi connectivity index (χ0) is 28.6. The fraction of sp³-hybridized carbons (Fsp3) is 0.500. The van der Waals surface area contributed by atoms with Crippen molar-refractivity contribution < 1.29 is 13.7 Å². The molecule has 1 unspecified atom stereocenters. The molecule has 208 valence electrons. The van der Waals surface area contributed by atoms with Crippen LogP contribution >= 0.6 is 0 Å². The Labute approximate surface area is 230 Å². The van der Waals surface area contributed by atoms with Crippen molar-refractivity contribution >= 4 is 39.4 Å². The highest BCUT2D eigenvalue weighted by atomic mass is 32.2. The number of likely N-dealkylation sites (N-methyl/N-ethyl adjacent to an activating group) is 1. The summed E-state index contributed by atoms with van der Waals surface area (Å²) in [6.07, 6.45) is 5.60. The molecule has 0 radical (unpaired) electrons. The molecule has 0 aliphatic heterocycles. The number of hydrogen-bond acceptors (Lipinski definition) is 7. The average molecular weight is 553 g/mol. The third-order valence-corrected chi connectivity index (χ3v) is 8.88. The minimum Gasteiger partial charge on any atom is -0.459 e. The van der Waals surface area contributed by atoms with Crippen LogP contribution in [0.5, 0.6) is 0 Å². The molecule has 0 saturated heterocycles. The molecule has 0 bridgehead atoms. The van der Waals surface area contributed by atoms with Gasteiger partial charge in [0.25, 0.3) is 5.56 Å². The first-order valence-electron chi connectivity index (χ1n) is 13.0. The quantitative estimate of drug-likeness (QED) is 0.386. The first-order valence-corrected chi connectivity index (χ1v) is 14.1. The minimum atomic E-state index is -1.63. The number of fused-ring (bicyclic) bond motifs is 1. The second kappa shape index (κ2) is 10.6. The lowest BCUT2D eigenvalue weighted by molar-refractivity contribution is -0.164. The van der Waals surface area contributed by atoms with E-state index in [1.165, 1.54) is 4.31 Å². The van der Waals surface area contributed by atoms with Crippen LogP contribution in [0.2, 0.25) is 0 Å². The van der Waals surface area contributed by atoms with Gasteiger partial charge in [0.15, 0.2) is 5.82 Å². The van der Waals surface area contributed by atoms with Crippen molar-refractivity contribution in [1.29, 1.82) is 5.26 Å². The van der Waals surface area contributed by atoms with Crippen LogP contribution in [-0.4, -0.2) is 47.4 Å². The highest BCUT2D eigenvalue weighted by molar-refractivity contribution is 7.82. The Hall–Kier alpha value is -3.49. The number of H-pyrrole nitrogens is 1. The van der Waals surface area contributed by atoms with E-state index in [9.17, 15) is 19.1 Å². The van der Waals surface area contributed by atoms with E-state index in [2.05, 4.69) is 16.4 Å². The summed E-state index contributed by atoms with van der Waals surface area (Å²) in [7, 11) is -0.0112. The third-order valence-electron chi connectivity index (χ3n) is 7.25. The van der Waals surface area contributed by atoms with E-state index < -0.39 is 33.6 Å². The average Bonchev–Trinajstić information content (AvgIpc) is 3.49. The van der Waals surface area contributed by atoms with Crippen LogP contribution in [0.4, 0.5) is 11.5 Å². The van der Waals surface area contributed by atoms with E-state index >= 15 is 0 Å². The van der Waals surface area contributed by atoms with Crippen molar-refractivity contribution in [1.82, 2.24) is 19.1 Å². The van der Waals surface area contributed by atoms with Crippen molar-refractivity contribution in [2.45, 2.75) is 88.3 Å². The van der Waals surface area contributed by atoms with Crippen molar-refractivity contribution in [2.24, 2.45) is 0 Å². The number of carbonyl (C=O) groups excluding carboxylic acids is 1. The zero-order valence-corrected chi connectivity index (χ0v) is 24.1. The monoisotopic (exact) mass is 552 g/mol. The Morgan fingerprint density at radius 2 is 1.85 bits per heavy atom. The number of aromatic nitrogens is 3. The van der Waals surface area contributed by atoms with Gasteiger partial charge in [0.1, 0.15) is 27.5 Å². The number of carbonyl (C=O) groups is 1. The van der Waals surface area contributed by atoms with Crippen LogP contribution in [0.3, 0.4) is 0 Å². The number of hydrogen-bond donors (Lipinski definition) is 2. The molecule has 39 heavy (non-hydrogen) atoms. The molecule has 1 aliphatic carbocycles. The number of anilines is 2. The smallest absolute Gasteiger partial charge is 0.327 e. The van der Waals surface area contributed by atoms with Crippen molar-refractivity contribution in [3.05, 3.63) is 46.9 Å². The third kappa shape index (κ3) is 5.63. The highest BCUT2D eigenvalue weighted by Crippen LogP contribution is 2.41. The number of esters is 1. The molecule has 11 heteroatoms. The topological polar surface area (TPSA) is 133 Å². The van der Waals surface area contributed by atoms with Crippen LogP contribution in [0.1, 0.15) is 66.7 Å². The van der Waals surface area contributed by atoms with Crippen LogP contribution in [-0.2, 0) is 26.1 Å². The largest absolute Gasteiger partial charge is 0.459 e. The number of pyridine rings is 1. The van der Waals surface area contributed by atoms with Crippen molar-refractivity contribution in [3.63, 3.8) is 0 Å². The number of aromatic amines is 1. The van der Waals surface area contributed by atoms with Gasteiger partial charge in [-0.15, -0.1) is 0 Å². The standard InChI is InChI=1S/C28H36N6O4S/c1-26(2,3)38-25(36)27(4,5)33(6)39(37)20-11-9-19(10-12-20)31-23-22-21(13-18-30-24(22)35)34(32-23)28(16-17-29)14-7-8-15-28/h9-13,18H,7-8,14-16H2,1-6H3,(H,30,35)(H,31,32). The minimum absolute atomic E-state index is 0.268. The maximum absolute atomic E-state index is 13.3. The van der Waals surface area contributed by atoms with E-state index in [1.807, 2.05) is 10.7 Å². The van der Waals surface area contributed by atoms with Crippen molar-refractivity contribution in [3.8, 4) is 6.07 Å². The Balaban J connectivity index is 1.60. The summed E-state index contributed by atoms with van der Waals surface area (Å²) in [5.74, 6) is -0.0682. The molecule has 4 rings (SSSR count). The van der Waals surface area contributed by atoms with Crippen LogP contribution in [0, 0.1) is 11.3 Å². The molecule has 0 amide bonds. The summed E-state index contributed by atoms with van der Waals surface area (Å²) >= 11 is 0. The maximum Gasteiger partial charge on any atom is 0.327 e. The summed E-state index contributed by atoms with van der Waals surface area (Å²) in [6, 6.07) is 11.1. The molecule has 1 aromatic carbocycles. The summed E-state index contributed by atoms with van der Waals surface area (Å²) < 4.78 is 22.2. The lowest BCUT2D eigenvalue weighted by Gasteiger charge is -2.34. The normalized spacial score (nSPS) is 16.3. The molecule has 2 aromatic heterocycles. The van der Waals surface area contributed by atoms with Gasteiger partial charge in [-0.25, -0.2) is 8.51 Å². The van der Waals surface area contributed by atoms with Crippen LogP contribution in [0.15, 0.2) is 46.2 Å². The molecule has 2 N–H and O–H groups in total. The number of ether oxygens (including phenoxy) is 1. The Bertz CT molecular complexity index is 1490. The van der Waals surface area contributed by atoms with Gasteiger partial charge < -0.3 is 15.0 Å². The van der Waals surface area contributed by atoms with Gasteiger partial charge in [-0.05, 0) is 77.8 Å². The van der Waals surface area contributed by atoms with E-state index in [-0.39, 0.29) is 5.56 Å². The van der Waals surface area contributed by atoms with Crippen LogP contribution in [0.25, 0.3) is 10.9 Å². The molecule has 0 spiro atoms. The second-order valence-electron chi connectivity index (χ2n) is 11.6. The number of rotatable bonds is 8. The lowest BCUT2D eigenvalue weighted by atomic mass is 9.94. The number of nitriles is 1. The van der Waals surface area contributed by atoms with E-state index in [0.717, 1.165) is 25.7 Å². The predicted molar refractivity (Wildman–Crippen MR) is 151 cm³/mol.